The second kappa shape index (κ2) is 6.82. The summed E-state index contributed by atoms with van der Waals surface area (Å²) in [5.74, 6) is -0.996. The molecule has 24 heavy (non-hydrogen) atoms. The summed E-state index contributed by atoms with van der Waals surface area (Å²) in [5, 5.41) is 2.04. The van der Waals surface area contributed by atoms with E-state index in [1.54, 1.807) is 0 Å². The SMILES string of the molecule is O=C(N[C@H]1CCCC[C@@H]1Cl)c1cc(C(F)(F)F)cc(C(F)(F)F)c1. The van der Waals surface area contributed by atoms with Gasteiger partial charge >= 0.3 is 12.4 Å². The first-order valence-electron chi connectivity index (χ1n) is 7.23. The first kappa shape index (κ1) is 18.9. The van der Waals surface area contributed by atoms with Crippen LogP contribution in [0.2, 0.25) is 0 Å². The first-order valence-corrected chi connectivity index (χ1v) is 7.66. The van der Waals surface area contributed by atoms with E-state index in [1.165, 1.54) is 0 Å². The number of hydrogen-bond donors (Lipinski definition) is 1. The molecule has 1 N–H and O–H groups in total. The van der Waals surface area contributed by atoms with Crippen LogP contribution in [-0.4, -0.2) is 17.3 Å². The average molecular weight is 374 g/mol. The number of halogens is 7. The third-order valence-electron chi connectivity index (χ3n) is 3.85. The second-order valence-electron chi connectivity index (χ2n) is 5.67. The summed E-state index contributed by atoms with van der Waals surface area (Å²) in [6.45, 7) is 0. The van der Waals surface area contributed by atoms with Crippen LogP contribution in [0.4, 0.5) is 26.3 Å². The molecule has 0 heterocycles. The molecular formula is C15H14ClF6NO. The summed E-state index contributed by atoms with van der Waals surface area (Å²) >= 11 is 6.05. The minimum Gasteiger partial charge on any atom is -0.348 e. The van der Waals surface area contributed by atoms with Gasteiger partial charge in [-0.25, -0.2) is 0 Å². The Morgan fingerprint density at radius 1 is 0.958 bits per heavy atom. The number of nitrogens with one attached hydrogen (secondary N) is 1. The fourth-order valence-corrected chi connectivity index (χ4v) is 2.93. The molecule has 0 saturated heterocycles. The number of amides is 1. The Hall–Kier alpha value is -1.44. The fraction of sp³-hybridized carbons (Fsp3) is 0.533. The van der Waals surface area contributed by atoms with E-state index >= 15 is 0 Å². The van der Waals surface area contributed by atoms with Crippen LogP contribution >= 0.6 is 11.6 Å². The Morgan fingerprint density at radius 2 is 1.46 bits per heavy atom. The molecule has 1 aromatic rings. The third kappa shape index (κ3) is 4.55. The van der Waals surface area contributed by atoms with Crippen LogP contribution in [0.5, 0.6) is 0 Å². The summed E-state index contributed by atoms with van der Waals surface area (Å²) in [4.78, 5) is 12.1. The molecule has 0 bridgehead atoms. The Bertz CT molecular complexity index is 581. The number of alkyl halides is 7. The zero-order valence-corrected chi connectivity index (χ0v) is 13.0. The second-order valence-corrected chi connectivity index (χ2v) is 6.24. The van der Waals surface area contributed by atoms with Crippen molar-refractivity contribution in [3.05, 3.63) is 34.9 Å². The Morgan fingerprint density at radius 3 is 1.92 bits per heavy atom. The molecule has 2 nitrogen and oxygen atoms in total. The van der Waals surface area contributed by atoms with Gasteiger partial charge in [0.2, 0.25) is 0 Å². The highest BCUT2D eigenvalue weighted by Gasteiger charge is 2.37. The van der Waals surface area contributed by atoms with Crippen molar-refractivity contribution in [2.75, 3.05) is 0 Å². The molecular weight excluding hydrogens is 360 g/mol. The van der Waals surface area contributed by atoms with Gasteiger partial charge in [-0.3, -0.25) is 4.79 Å². The topological polar surface area (TPSA) is 29.1 Å². The molecule has 2 atom stereocenters. The van der Waals surface area contributed by atoms with Gasteiger partial charge in [0.05, 0.1) is 16.5 Å². The maximum Gasteiger partial charge on any atom is 0.416 e. The fourth-order valence-electron chi connectivity index (χ4n) is 2.59. The van der Waals surface area contributed by atoms with E-state index in [9.17, 15) is 31.1 Å². The van der Waals surface area contributed by atoms with Crippen molar-refractivity contribution in [2.24, 2.45) is 0 Å². The van der Waals surface area contributed by atoms with Gasteiger partial charge < -0.3 is 5.32 Å². The summed E-state index contributed by atoms with van der Waals surface area (Å²) in [7, 11) is 0. The zero-order valence-electron chi connectivity index (χ0n) is 12.3. The molecule has 1 fully saturated rings. The normalized spacial score (nSPS) is 22.3. The Labute approximate surface area is 139 Å². The van der Waals surface area contributed by atoms with Crippen LogP contribution in [0.25, 0.3) is 0 Å². The van der Waals surface area contributed by atoms with E-state index in [2.05, 4.69) is 5.32 Å². The van der Waals surface area contributed by atoms with Crippen LogP contribution < -0.4 is 5.32 Å². The van der Waals surface area contributed by atoms with Gasteiger partial charge in [0.1, 0.15) is 0 Å². The number of benzene rings is 1. The van der Waals surface area contributed by atoms with E-state index in [0.29, 0.717) is 25.0 Å². The van der Waals surface area contributed by atoms with E-state index in [0.717, 1.165) is 12.8 Å². The minimum absolute atomic E-state index is 0.0122. The van der Waals surface area contributed by atoms with Crippen LogP contribution in [-0.2, 0) is 12.4 Å². The maximum absolute atomic E-state index is 12.8. The predicted molar refractivity (Wildman–Crippen MR) is 75.8 cm³/mol. The van der Waals surface area contributed by atoms with Crippen molar-refractivity contribution in [2.45, 2.75) is 49.5 Å². The summed E-state index contributed by atoms with van der Waals surface area (Å²) in [6, 6.07) is 0.339. The molecule has 1 aliphatic carbocycles. The lowest BCUT2D eigenvalue weighted by Crippen LogP contribution is -2.42. The van der Waals surface area contributed by atoms with Gasteiger partial charge in [-0.1, -0.05) is 12.8 Å². The molecule has 0 radical (unpaired) electrons. The standard InChI is InChI=1S/C15H14ClF6NO/c16-11-3-1-2-4-12(11)23-13(24)8-5-9(14(17,18)19)7-10(6-8)15(20,21)22/h5-7,11-12H,1-4H2,(H,23,24)/t11-,12-/m0/s1. The van der Waals surface area contributed by atoms with Gasteiger partial charge in [0, 0.05) is 11.6 Å². The molecule has 9 heteroatoms. The smallest absolute Gasteiger partial charge is 0.348 e. The van der Waals surface area contributed by atoms with Crippen LogP contribution in [0, 0.1) is 0 Å². The lowest BCUT2D eigenvalue weighted by Gasteiger charge is -2.28. The lowest BCUT2D eigenvalue weighted by molar-refractivity contribution is -0.143. The highest BCUT2D eigenvalue weighted by molar-refractivity contribution is 6.21. The van der Waals surface area contributed by atoms with Gasteiger partial charge in [0.15, 0.2) is 0 Å². The summed E-state index contributed by atoms with van der Waals surface area (Å²) < 4.78 is 76.8. The highest BCUT2D eigenvalue weighted by Crippen LogP contribution is 2.36. The molecule has 1 aromatic carbocycles. The molecule has 0 aromatic heterocycles. The zero-order chi connectivity index (χ0) is 18.1. The molecule has 0 aliphatic heterocycles. The third-order valence-corrected chi connectivity index (χ3v) is 4.37. The van der Waals surface area contributed by atoms with Crippen molar-refractivity contribution in [1.82, 2.24) is 5.32 Å². The van der Waals surface area contributed by atoms with Gasteiger partial charge in [-0.2, -0.15) is 26.3 Å². The molecule has 2 rings (SSSR count). The van der Waals surface area contributed by atoms with Gasteiger partial charge in [-0.15, -0.1) is 11.6 Å². The van der Waals surface area contributed by atoms with E-state index in [4.69, 9.17) is 11.6 Å². The molecule has 1 aliphatic rings. The van der Waals surface area contributed by atoms with Crippen molar-refractivity contribution in [1.29, 1.82) is 0 Å². The molecule has 134 valence electrons. The quantitative estimate of drug-likeness (QED) is 0.573. The van der Waals surface area contributed by atoms with Gasteiger partial charge in [0.25, 0.3) is 5.91 Å². The van der Waals surface area contributed by atoms with Gasteiger partial charge in [-0.05, 0) is 31.0 Å². The molecule has 0 spiro atoms. The van der Waals surface area contributed by atoms with E-state index in [-0.39, 0.29) is 6.07 Å². The number of rotatable bonds is 2. The van der Waals surface area contributed by atoms with Crippen LogP contribution in [0.3, 0.4) is 0 Å². The summed E-state index contributed by atoms with van der Waals surface area (Å²) in [6.07, 6.45) is -7.17. The number of carbonyl (C=O) groups excluding carboxylic acids is 1. The molecule has 1 amide bonds. The lowest BCUT2D eigenvalue weighted by atomic mass is 9.94. The van der Waals surface area contributed by atoms with E-state index in [1.807, 2.05) is 0 Å². The Balaban J connectivity index is 2.32. The monoisotopic (exact) mass is 373 g/mol. The average Bonchev–Trinajstić information content (AvgIpc) is 2.47. The Kier molecular flexibility index (Phi) is 5.37. The van der Waals surface area contributed by atoms with Crippen LogP contribution in [0.15, 0.2) is 18.2 Å². The maximum atomic E-state index is 12.8. The largest absolute Gasteiger partial charge is 0.416 e. The minimum atomic E-state index is -4.99. The van der Waals surface area contributed by atoms with Crippen molar-refractivity contribution < 1.29 is 31.1 Å². The van der Waals surface area contributed by atoms with Crippen molar-refractivity contribution >= 4 is 17.5 Å². The first-order chi connectivity index (χ1) is 11.0. The van der Waals surface area contributed by atoms with Crippen molar-refractivity contribution in [3.63, 3.8) is 0 Å². The number of carbonyl (C=O) groups is 1. The predicted octanol–water partition coefficient (Wildman–Crippen LogP) is 5.00. The van der Waals surface area contributed by atoms with Crippen LogP contribution in [0.1, 0.15) is 47.2 Å². The summed E-state index contributed by atoms with van der Waals surface area (Å²) in [5.41, 5.74) is -3.73. The van der Waals surface area contributed by atoms with Crippen molar-refractivity contribution in [3.8, 4) is 0 Å². The molecule has 0 unspecified atom stereocenters. The number of hydrogen-bond acceptors (Lipinski definition) is 1. The molecule has 1 saturated carbocycles. The van der Waals surface area contributed by atoms with E-state index < -0.39 is 46.4 Å². The highest BCUT2D eigenvalue weighted by atomic mass is 35.5.